The maximum absolute atomic E-state index is 13.5. The molecule has 1 aromatic heterocycles. The third-order valence-corrected chi connectivity index (χ3v) is 4.82. The molecule has 144 valence electrons. The Balaban J connectivity index is 1.51. The number of hydrogen-bond acceptors (Lipinski definition) is 6. The molecule has 9 nitrogen and oxygen atoms in total. The van der Waals surface area contributed by atoms with Crippen LogP contribution in [0.3, 0.4) is 0 Å². The SMILES string of the molecule is O=C(CSc1n[nH]c(=O)n1C[C@H]1CCCO1)NC(=O)Nc1ccccc1F. The molecule has 2 heterocycles. The number of nitrogens with one attached hydrogen (secondary N) is 3. The Bertz CT molecular complexity index is 878. The largest absolute Gasteiger partial charge is 0.376 e. The number of thioether (sulfide) groups is 1. The number of nitrogens with zero attached hydrogens (tertiary/aromatic N) is 2. The minimum atomic E-state index is -0.843. The summed E-state index contributed by atoms with van der Waals surface area (Å²) in [6.45, 7) is 1.02. The van der Waals surface area contributed by atoms with Crippen LogP contribution in [0.5, 0.6) is 0 Å². The standard InChI is InChI=1S/C16H18FN5O4S/c17-11-5-1-2-6-12(11)18-14(24)19-13(23)9-27-16-21-20-15(25)22(16)8-10-4-3-7-26-10/h1-2,5-6,10H,3-4,7-9H2,(H,20,25)(H2,18,19,23,24)/t10-/m1/s1. The smallest absolute Gasteiger partial charge is 0.344 e. The zero-order valence-electron chi connectivity index (χ0n) is 14.2. The van der Waals surface area contributed by atoms with Crippen molar-refractivity contribution in [3.05, 3.63) is 40.6 Å². The summed E-state index contributed by atoms with van der Waals surface area (Å²) in [6.07, 6.45) is 1.75. The molecule has 2 aromatic rings. The highest BCUT2D eigenvalue weighted by molar-refractivity contribution is 7.99. The number of benzene rings is 1. The summed E-state index contributed by atoms with van der Waals surface area (Å²) >= 11 is 1.01. The zero-order chi connectivity index (χ0) is 19.2. The fourth-order valence-electron chi connectivity index (χ4n) is 2.58. The quantitative estimate of drug-likeness (QED) is 0.635. The molecule has 3 rings (SSSR count). The molecule has 11 heteroatoms. The van der Waals surface area contributed by atoms with Gasteiger partial charge in [-0.1, -0.05) is 23.9 Å². The number of carbonyl (C=O) groups excluding carboxylic acids is 2. The predicted octanol–water partition coefficient (Wildman–Crippen LogP) is 1.33. The predicted molar refractivity (Wildman–Crippen MR) is 96.1 cm³/mol. The van der Waals surface area contributed by atoms with Gasteiger partial charge in [0, 0.05) is 6.61 Å². The van der Waals surface area contributed by atoms with Crippen molar-refractivity contribution < 1.29 is 18.7 Å². The second-order valence-corrected chi connectivity index (χ2v) is 6.77. The fraction of sp³-hybridized carbons (Fsp3) is 0.375. The number of para-hydroxylation sites is 1. The molecule has 1 fully saturated rings. The highest BCUT2D eigenvalue weighted by Crippen LogP contribution is 2.18. The molecular formula is C16H18FN5O4S. The normalized spacial score (nSPS) is 16.3. The number of amides is 3. The van der Waals surface area contributed by atoms with E-state index >= 15 is 0 Å². The van der Waals surface area contributed by atoms with Gasteiger partial charge in [-0.15, -0.1) is 5.10 Å². The van der Waals surface area contributed by atoms with E-state index in [0.29, 0.717) is 18.3 Å². The van der Waals surface area contributed by atoms with Gasteiger partial charge in [0.15, 0.2) is 5.16 Å². The minimum Gasteiger partial charge on any atom is -0.376 e. The summed E-state index contributed by atoms with van der Waals surface area (Å²) in [5, 5.41) is 10.9. The van der Waals surface area contributed by atoms with Crippen molar-refractivity contribution in [1.29, 1.82) is 0 Å². The second kappa shape index (κ2) is 8.82. The number of halogens is 1. The topological polar surface area (TPSA) is 118 Å². The monoisotopic (exact) mass is 395 g/mol. The van der Waals surface area contributed by atoms with E-state index in [1.165, 1.54) is 22.8 Å². The molecule has 3 N–H and O–H groups in total. The van der Waals surface area contributed by atoms with Gasteiger partial charge in [-0.3, -0.25) is 14.7 Å². The first kappa shape index (κ1) is 19.1. The molecular weight excluding hydrogens is 377 g/mol. The number of carbonyl (C=O) groups is 2. The average molecular weight is 395 g/mol. The van der Waals surface area contributed by atoms with Gasteiger partial charge in [0.05, 0.1) is 24.1 Å². The van der Waals surface area contributed by atoms with Crippen LogP contribution in [0.15, 0.2) is 34.2 Å². The fourth-order valence-corrected chi connectivity index (χ4v) is 3.33. The van der Waals surface area contributed by atoms with Crippen molar-refractivity contribution in [2.45, 2.75) is 30.6 Å². The molecule has 0 unspecified atom stereocenters. The van der Waals surface area contributed by atoms with E-state index < -0.39 is 17.8 Å². The van der Waals surface area contributed by atoms with Gasteiger partial charge in [0.1, 0.15) is 5.82 Å². The number of imide groups is 1. The lowest BCUT2D eigenvalue weighted by molar-refractivity contribution is -0.117. The molecule has 0 spiro atoms. The first-order valence-electron chi connectivity index (χ1n) is 8.28. The van der Waals surface area contributed by atoms with Gasteiger partial charge < -0.3 is 10.1 Å². The van der Waals surface area contributed by atoms with Crippen molar-refractivity contribution in [2.24, 2.45) is 0 Å². The molecule has 1 aliphatic rings. The lowest BCUT2D eigenvalue weighted by Crippen LogP contribution is -2.35. The Morgan fingerprint density at radius 2 is 2.22 bits per heavy atom. The summed E-state index contributed by atoms with van der Waals surface area (Å²) < 4.78 is 20.4. The van der Waals surface area contributed by atoms with E-state index in [4.69, 9.17) is 4.74 Å². The van der Waals surface area contributed by atoms with Crippen LogP contribution in [0, 0.1) is 5.82 Å². The van der Waals surface area contributed by atoms with Crippen LogP contribution in [-0.4, -0.2) is 45.2 Å². The molecule has 1 aromatic carbocycles. The Kier molecular flexibility index (Phi) is 6.24. The molecule has 3 amide bonds. The third-order valence-electron chi connectivity index (χ3n) is 3.84. The van der Waals surface area contributed by atoms with Gasteiger partial charge in [-0.05, 0) is 25.0 Å². The number of anilines is 1. The molecule has 27 heavy (non-hydrogen) atoms. The summed E-state index contributed by atoms with van der Waals surface area (Å²) in [5.74, 6) is -1.35. The highest BCUT2D eigenvalue weighted by Gasteiger charge is 2.20. The number of hydrogen-bond donors (Lipinski definition) is 3. The van der Waals surface area contributed by atoms with Gasteiger partial charge in [0.2, 0.25) is 5.91 Å². The van der Waals surface area contributed by atoms with Crippen LogP contribution < -0.4 is 16.3 Å². The van der Waals surface area contributed by atoms with Gasteiger partial charge in [-0.25, -0.2) is 19.1 Å². The molecule has 0 saturated carbocycles. The number of rotatable bonds is 6. The zero-order valence-corrected chi connectivity index (χ0v) is 15.1. The van der Waals surface area contributed by atoms with Crippen molar-refractivity contribution in [2.75, 3.05) is 17.7 Å². The lowest BCUT2D eigenvalue weighted by atomic mass is 10.2. The maximum atomic E-state index is 13.5. The van der Waals surface area contributed by atoms with E-state index in [0.717, 1.165) is 24.6 Å². The maximum Gasteiger partial charge on any atom is 0.344 e. The Morgan fingerprint density at radius 3 is 2.96 bits per heavy atom. The van der Waals surface area contributed by atoms with E-state index in [1.54, 1.807) is 6.07 Å². The average Bonchev–Trinajstić information content (AvgIpc) is 3.26. The van der Waals surface area contributed by atoms with Crippen LogP contribution in [0.1, 0.15) is 12.8 Å². The molecule has 1 saturated heterocycles. The summed E-state index contributed by atoms with van der Waals surface area (Å²) in [6, 6.07) is 4.77. The van der Waals surface area contributed by atoms with Crippen molar-refractivity contribution >= 4 is 29.4 Å². The number of aromatic nitrogens is 3. The Labute approximate surface area is 157 Å². The van der Waals surface area contributed by atoms with Crippen LogP contribution in [-0.2, 0) is 16.1 Å². The lowest BCUT2D eigenvalue weighted by Gasteiger charge is -2.11. The van der Waals surface area contributed by atoms with E-state index in [2.05, 4.69) is 20.8 Å². The van der Waals surface area contributed by atoms with Crippen LogP contribution in [0.4, 0.5) is 14.9 Å². The van der Waals surface area contributed by atoms with Crippen molar-refractivity contribution in [3.8, 4) is 0 Å². The number of aromatic amines is 1. The molecule has 1 atom stereocenters. The van der Waals surface area contributed by atoms with Gasteiger partial charge >= 0.3 is 11.7 Å². The highest BCUT2D eigenvalue weighted by atomic mass is 32.2. The van der Waals surface area contributed by atoms with Crippen LogP contribution in [0.25, 0.3) is 0 Å². The van der Waals surface area contributed by atoms with Crippen molar-refractivity contribution in [1.82, 2.24) is 20.1 Å². The summed E-state index contributed by atoms with van der Waals surface area (Å²) in [5.41, 5.74) is -0.418. The van der Waals surface area contributed by atoms with E-state index in [9.17, 15) is 18.8 Å². The first-order valence-corrected chi connectivity index (χ1v) is 9.26. The molecule has 0 radical (unpaired) electrons. The molecule has 0 aliphatic carbocycles. The van der Waals surface area contributed by atoms with Gasteiger partial charge in [0.25, 0.3) is 0 Å². The van der Waals surface area contributed by atoms with Crippen LogP contribution >= 0.6 is 11.8 Å². The van der Waals surface area contributed by atoms with Gasteiger partial charge in [-0.2, -0.15) is 0 Å². The second-order valence-electron chi connectivity index (χ2n) is 5.83. The third kappa shape index (κ3) is 5.17. The summed E-state index contributed by atoms with van der Waals surface area (Å²) in [4.78, 5) is 35.6. The molecule has 0 bridgehead atoms. The Hall–Kier alpha value is -2.66. The number of urea groups is 1. The number of ether oxygens (including phenoxy) is 1. The van der Waals surface area contributed by atoms with Crippen LogP contribution in [0.2, 0.25) is 0 Å². The summed E-state index contributed by atoms with van der Waals surface area (Å²) in [7, 11) is 0. The molecule has 1 aliphatic heterocycles. The first-order chi connectivity index (χ1) is 13.0. The minimum absolute atomic E-state index is 0.0341. The Morgan fingerprint density at radius 1 is 1.41 bits per heavy atom. The van der Waals surface area contributed by atoms with E-state index in [-0.39, 0.29) is 23.2 Å². The van der Waals surface area contributed by atoms with E-state index in [1.807, 2.05) is 0 Å². The van der Waals surface area contributed by atoms with Crippen molar-refractivity contribution in [3.63, 3.8) is 0 Å². The number of H-pyrrole nitrogens is 1.